The van der Waals surface area contributed by atoms with Crippen LogP contribution in [0.15, 0.2) is 54.6 Å². The Morgan fingerprint density at radius 3 is 2.10 bits per heavy atom. The Bertz CT molecular complexity index is 943. The Kier molecular flexibility index (Phi) is 8.72. The van der Waals surface area contributed by atoms with Crippen LogP contribution in [0.3, 0.4) is 0 Å². The van der Waals surface area contributed by atoms with E-state index in [-0.39, 0.29) is 12.8 Å². The first-order chi connectivity index (χ1) is 14.9. The largest absolute Gasteiger partial charge is 0.465 e. The highest BCUT2D eigenvalue weighted by Gasteiger charge is 2.12. The molecule has 0 heterocycles. The van der Waals surface area contributed by atoms with Crippen molar-refractivity contribution in [2.45, 2.75) is 12.8 Å². The summed E-state index contributed by atoms with van der Waals surface area (Å²) in [7, 11) is 1.27. The number of amides is 3. The van der Waals surface area contributed by atoms with Gasteiger partial charge in [-0.25, -0.2) is 4.79 Å². The van der Waals surface area contributed by atoms with Crippen LogP contribution in [-0.4, -0.2) is 43.4 Å². The zero-order chi connectivity index (χ0) is 22.6. The molecule has 0 saturated carbocycles. The number of ether oxygens (including phenoxy) is 2. The Hall–Kier alpha value is -4.21. The van der Waals surface area contributed by atoms with Gasteiger partial charge in [-0.15, -0.1) is 0 Å². The van der Waals surface area contributed by atoms with Gasteiger partial charge in [-0.1, -0.05) is 18.2 Å². The van der Waals surface area contributed by atoms with Crippen molar-refractivity contribution in [3.63, 3.8) is 0 Å². The molecule has 3 N–H and O–H groups in total. The van der Waals surface area contributed by atoms with Crippen LogP contribution >= 0.6 is 0 Å². The van der Waals surface area contributed by atoms with E-state index in [2.05, 4.69) is 20.9 Å². The number of anilines is 1. The van der Waals surface area contributed by atoms with Crippen molar-refractivity contribution in [3.05, 3.63) is 65.7 Å². The molecular formula is C21H21N3O7. The Labute approximate surface area is 177 Å². The Balaban J connectivity index is 1.64. The van der Waals surface area contributed by atoms with Gasteiger partial charge >= 0.3 is 11.9 Å². The van der Waals surface area contributed by atoms with Crippen LogP contribution in [0.2, 0.25) is 0 Å². The lowest BCUT2D eigenvalue weighted by molar-refractivity contribution is -0.149. The molecule has 0 aliphatic heterocycles. The van der Waals surface area contributed by atoms with Crippen LogP contribution < -0.4 is 16.2 Å². The molecule has 10 heteroatoms. The second-order valence-electron chi connectivity index (χ2n) is 6.15. The monoisotopic (exact) mass is 427 g/mol. The van der Waals surface area contributed by atoms with Crippen LogP contribution in [-0.2, 0) is 23.9 Å². The number of methoxy groups -OCH3 is 1. The fourth-order valence-corrected chi connectivity index (χ4v) is 2.29. The predicted octanol–water partition coefficient (Wildman–Crippen LogP) is 1.20. The minimum Gasteiger partial charge on any atom is -0.465 e. The predicted molar refractivity (Wildman–Crippen MR) is 109 cm³/mol. The van der Waals surface area contributed by atoms with Crippen molar-refractivity contribution < 1.29 is 33.4 Å². The summed E-state index contributed by atoms with van der Waals surface area (Å²) in [4.78, 5) is 58.4. The molecule has 0 bridgehead atoms. The highest BCUT2D eigenvalue weighted by Crippen LogP contribution is 2.11. The molecule has 0 aromatic heterocycles. The molecule has 0 spiro atoms. The smallest absolute Gasteiger partial charge is 0.337 e. The third-order valence-electron chi connectivity index (χ3n) is 3.86. The minimum atomic E-state index is -0.749. The van der Waals surface area contributed by atoms with Gasteiger partial charge in [0.15, 0.2) is 6.61 Å². The SMILES string of the molecule is COC(=O)c1ccc(NC(=O)CCC(=O)OCC(=O)NNC(=O)c2ccccc2)cc1. The van der Waals surface area contributed by atoms with E-state index in [4.69, 9.17) is 4.74 Å². The zero-order valence-electron chi connectivity index (χ0n) is 16.7. The summed E-state index contributed by atoms with van der Waals surface area (Å²) in [6, 6.07) is 14.3. The molecule has 2 aromatic carbocycles. The van der Waals surface area contributed by atoms with Crippen molar-refractivity contribution in [1.82, 2.24) is 10.9 Å². The normalized spacial score (nSPS) is 9.84. The van der Waals surface area contributed by atoms with Crippen molar-refractivity contribution >= 4 is 35.3 Å². The standard InChI is InChI=1S/C21H21N3O7/c1-30-21(29)15-7-9-16(10-8-15)22-17(25)11-12-19(27)31-13-18(26)23-24-20(28)14-5-3-2-4-6-14/h2-10H,11-13H2,1H3,(H,22,25)(H,23,26)(H,24,28). The quantitative estimate of drug-likeness (QED) is 0.425. The van der Waals surface area contributed by atoms with Crippen molar-refractivity contribution in [1.29, 1.82) is 0 Å². The van der Waals surface area contributed by atoms with Gasteiger partial charge in [0.05, 0.1) is 19.1 Å². The fourth-order valence-electron chi connectivity index (χ4n) is 2.29. The summed E-state index contributed by atoms with van der Waals surface area (Å²) >= 11 is 0. The molecule has 0 unspecified atom stereocenters. The maximum atomic E-state index is 11.9. The number of carbonyl (C=O) groups excluding carboxylic acids is 5. The summed E-state index contributed by atoms with van der Waals surface area (Å²) in [5.74, 6) is -2.93. The maximum absolute atomic E-state index is 11.9. The Morgan fingerprint density at radius 1 is 0.774 bits per heavy atom. The number of esters is 2. The molecule has 31 heavy (non-hydrogen) atoms. The fraction of sp³-hybridized carbons (Fsp3) is 0.190. The maximum Gasteiger partial charge on any atom is 0.337 e. The summed E-state index contributed by atoms with van der Waals surface area (Å²) in [6.45, 7) is -0.607. The van der Waals surface area contributed by atoms with E-state index in [1.807, 2.05) is 0 Å². The molecular weight excluding hydrogens is 406 g/mol. The number of hydrazine groups is 1. The average Bonchev–Trinajstić information content (AvgIpc) is 2.80. The molecule has 3 amide bonds. The number of hydrogen-bond donors (Lipinski definition) is 3. The lowest BCUT2D eigenvalue weighted by atomic mass is 10.2. The first-order valence-electron chi connectivity index (χ1n) is 9.17. The summed E-state index contributed by atoms with van der Waals surface area (Å²) in [5.41, 5.74) is 5.45. The topological polar surface area (TPSA) is 140 Å². The first-order valence-corrected chi connectivity index (χ1v) is 9.17. The van der Waals surface area contributed by atoms with Crippen LogP contribution in [0.4, 0.5) is 5.69 Å². The number of nitrogens with one attached hydrogen (secondary N) is 3. The van der Waals surface area contributed by atoms with Gasteiger partial charge in [-0.05, 0) is 36.4 Å². The van der Waals surface area contributed by atoms with Crippen LogP contribution in [0.1, 0.15) is 33.6 Å². The van der Waals surface area contributed by atoms with Gasteiger partial charge in [0.25, 0.3) is 11.8 Å². The summed E-state index contributed by atoms with van der Waals surface area (Å²) < 4.78 is 9.35. The molecule has 0 atom stereocenters. The van der Waals surface area contributed by atoms with Gasteiger partial charge in [-0.3, -0.25) is 30.0 Å². The lowest BCUT2D eigenvalue weighted by Gasteiger charge is -2.08. The Morgan fingerprint density at radius 2 is 1.45 bits per heavy atom. The number of hydrogen-bond acceptors (Lipinski definition) is 7. The third kappa shape index (κ3) is 7.97. The van der Waals surface area contributed by atoms with Crippen LogP contribution in [0, 0.1) is 0 Å². The van der Waals surface area contributed by atoms with Gasteiger partial charge < -0.3 is 14.8 Å². The van der Waals surface area contributed by atoms with E-state index >= 15 is 0 Å². The number of rotatable bonds is 8. The summed E-state index contributed by atoms with van der Waals surface area (Å²) in [5, 5.41) is 2.57. The van der Waals surface area contributed by atoms with Gasteiger partial charge in [0.1, 0.15) is 0 Å². The first kappa shape index (κ1) is 23.1. The van der Waals surface area contributed by atoms with E-state index in [0.717, 1.165) is 0 Å². The molecule has 10 nitrogen and oxygen atoms in total. The highest BCUT2D eigenvalue weighted by atomic mass is 16.5. The van der Waals surface area contributed by atoms with Crippen molar-refractivity contribution in [2.75, 3.05) is 19.0 Å². The second-order valence-corrected chi connectivity index (χ2v) is 6.15. The summed E-state index contributed by atoms with van der Waals surface area (Å²) in [6.07, 6.45) is -0.403. The van der Waals surface area contributed by atoms with Gasteiger partial charge in [-0.2, -0.15) is 0 Å². The lowest BCUT2D eigenvalue weighted by Crippen LogP contribution is -2.43. The number of benzene rings is 2. The van der Waals surface area contributed by atoms with Crippen molar-refractivity contribution in [3.8, 4) is 0 Å². The molecule has 2 rings (SSSR count). The zero-order valence-corrected chi connectivity index (χ0v) is 16.7. The molecule has 162 valence electrons. The van der Waals surface area contributed by atoms with Gasteiger partial charge in [0, 0.05) is 17.7 Å². The minimum absolute atomic E-state index is 0.163. The van der Waals surface area contributed by atoms with E-state index in [1.165, 1.54) is 31.4 Å². The molecule has 0 saturated heterocycles. The molecule has 0 aliphatic rings. The van der Waals surface area contributed by atoms with E-state index in [9.17, 15) is 24.0 Å². The molecule has 0 fully saturated rings. The highest BCUT2D eigenvalue weighted by molar-refractivity contribution is 5.96. The average molecular weight is 427 g/mol. The van der Waals surface area contributed by atoms with Crippen LogP contribution in [0.5, 0.6) is 0 Å². The van der Waals surface area contributed by atoms with Gasteiger partial charge in [0.2, 0.25) is 5.91 Å². The number of carbonyl (C=O) groups is 5. The van der Waals surface area contributed by atoms with E-state index < -0.39 is 36.3 Å². The molecule has 0 radical (unpaired) electrons. The second kappa shape index (κ2) is 11.7. The van der Waals surface area contributed by atoms with Crippen molar-refractivity contribution in [2.24, 2.45) is 0 Å². The molecule has 2 aromatic rings. The third-order valence-corrected chi connectivity index (χ3v) is 3.86. The molecule has 0 aliphatic carbocycles. The van der Waals surface area contributed by atoms with E-state index in [1.54, 1.807) is 30.3 Å². The van der Waals surface area contributed by atoms with E-state index in [0.29, 0.717) is 16.8 Å². The van der Waals surface area contributed by atoms with Crippen LogP contribution in [0.25, 0.3) is 0 Å².